The Bertz CT molecular complexity index is 1080. The minimum absolute atomic E-state index is 0.176. The number of hydrogen-bond acceptors (Lipinski definition) is 7. The number of thioether (sulfide) groups is 1. The molecule has 1 aliphatic heterocycles. The second kappa shape index (κ2) is 11.4. The topological polar surface area (TPSA) is 82.1 Å². The number of benzene rings is 2. The van der Waals surface area contributed by atoms with E-state index in [-0.39, 0.29) is 11.5 Å². The van der Waals surface area contributed by atoms with Gasteiger partial charge in [-0.3, -0.25) is 19.3 Å². The molecule has 0 saturated carbocycles. The molecule has 0 bridgehead atoms. The van der Waals surface area contributed by atoms with Crippen LogP contribution in [0.4, 0.5) is 4.79 Å². The Morgan fingerprint density at radius 3 is 2.61 bits per heavy atom. The molecule has 7 nitrogen and oxygen atoms in total. The molecule has 0 aromatic heterocycles. The Morgan fingerprint density at radius 2 is 1.94 bits per heavy atom. The molecule has 1 saturated heterocycles. The molecule has 0 atom stereocenters. The number of amides is 2. The third-order valence-corrected chi connectivity index (χ3v) is 5.64. The molecule has 0 aliphatic carbocycles. The third kappa shape index (κ3) is 6.04. The summed E-state index contributed by atoms with van der Waals surface area (Å²) in [6, 6.07) is 13.4. The zero-order chi connectivity index (χ0) is 23.8. The summed E-state index contributed by atoms with van der Waals surface area (Å²) in [6.07, 6.45) is 3.87. The molecule has 2 aromatic carbocycles. The highest BCUT2D eigenvalue weighted by Gasteiger charge is 2.36. The van der Waals surface area contributed by atoms with Gasteiger partial charge in [-0.15, -0.1) is 6.58 Å². The van der Waals surface area contributed by atoms with Crippen LogP contribution in [-0.4, -0.2) is 42.3 Å². The Morgan fingerprint density at radius 1 is 1.18 bits per heavy atom. The van der Waals surface area contributed by atoms with Crippen molar-refractivity contribution in [1.29, 1.82) is 0 Å². The molecule has 172 valence electrons. The molecular formula is C25H25NO6S. The second-order valence-electron chi connectivity index (χ2n) is 7.05. The zero-order valence-electron chi connectivity index (χ0n) is 18.5. The predicted molar refractivity (Wildman–Crippen MR) is 127 cm³/mol. The van der Waals surface area contributed by atoms with Gasteiger partial charge in [0.1, 0.15) is 13.2 Å². The van der Waals surface area contributed by atoms with E-state index in [0.717, 1.165) is 27.8 Å². The maximum Gasteiger partial charge on any atom is 0.326 e. The highest BCUT2D eigenvalue weighted by molar-refractivity contribution is 8.18. The first-order valence-electron chi connectivity index (χ1n) is 10.4. The summed E-state index contributed by atoms with van der Waals surface area (Å²) in [5, 5.41) is -0.514. The minimum Gasteiger partial charge on any atom is -0.493 e. The average Bonchev–Trinajstić information content (AvgIpc) is 3.06. The smallest absolute Gasteiger partial charge is 0.326 e. The van der Waals surface area contributed by atoms with E-state index < -0.39 is 23.7 Å². The van der Waals surface area contributed by atoms with Gasteiger partial charge in [0, 0.05) is 5.56 Å². The van der Waals surface area contributed by atoms with E-state index in [4.69, 9.17) is 14.2 Å². The maximum absolute atomic E-state index is 12.7. The molecule has 1 fully saturated rings. The van der Waals surface area contributed by atoms with Crippen molar-refractivity contribution < 1.29 is 28.6 Å². The fraction of sp³-hybridized carbons (Fsp3) is 0.240. The quantitative estimate of drug-likeness (QED) is 0.287. The van der Waals surface area contributed by atoms with Gasteiger partial charge in [-0.25, -0.2) is 0 Å². The Hall–Kier alpha value is -3.52. The number of carbonyl (C=O) groups is 3. The first kappa shape index (κ1) is 24.1. The lowest BCUT2D eigenvalue weighted by Crippen LogP contribution is -2.34. The first-order chi connectivity index (χ1) is 16.0. The van der Waals surface area contributed by atoms with Crippen LogP contribution in [0.3, 0.4) is 0 Å². The van der Waals surface area contributed by atoms with Crippen LogP contribution < -0.4 is 9.47 Å². The van der Waals surface area contributed by atoms with Crippen molar-refractivity contribution in [2.24, 2.45) is 0 Å². The summed E-state index contributed by atoms with van der Waals surface area (Å²) in [5.41, 5.74) is 2.51. The number of rotatable bonds is 10. The monoisotopic (exact) mass is 467 g/mol. The van der Waals surface area contributed by atoms with E-state index >= 15 is 0 Å². The number of carbonyl (C=O) groups excluding carboxylic acids is 3. The molecule has 0 radical (unpaired) electrons. The van der Waals surface area contributed by atoms with Gasteiger partial charge < -0.3 is 14.2 Å². The van der Waals surface area contributed by atoms with Crippen molar-refractivity contribution in [3.8, 4) is 11.5 Å². The lowest BCUT2D eigenvalue weighted by molar-refractivity contribution is -0.145. The summed E-state index contributed by atoms with van der Waals surface area (Å²) in [7, 11) is 1.54. The van der Waals surface area contributed by atoms with E-state index in [0.29, 0.717) is 30.1 Å². The zero-order valence-corrected chi connectivity index (χ0v) is 19.4. The van der Waals surface area contributed by atoms with Crippen LogP contribution >= 0.6 is 11.8 Å². The summed E-state index contributed by atoms with van der Waals surface area (Å²) in [4.78, 5) is 37.8. The molecule has 0 unspecified atom stereocenters. The minimum atomic E-state index is -0.629. The Labute approximate surface area is 197 Å². The SMILES string of the molecule is C=CCc1cc(/C=C2/SC(=O)N(CC(=O)OCC)C2=O)cc(OC)c1OCc1ccccc1. The molecule has 2 amide bonds. The third-order valence-electron chi connectivity index (χ3n) is 4.73. The molecule has 1 aliphatic rings. The van der Waals surface area contributed by atoms with Crippen LogP contribution in [0, 0.1) is 0 Å². The van der Waals surface area contributed by atoms with Crippen molar-refractivity contribution in [3.63, 3.8) is 0 Å². The van der Waals surface area contributed by atoms with Crippen molar-refractivity contribution in [1.82, 2.24) is 4.90 Å². The average molecular weight is 468 g/mol. The maximum atomic E-state index is 12.7. The fourth-order valence-corrected chi connectivity index (χ4v) is 4.08. The van der Waals surface area contributed by atoms with Gasteiger partial charge in [0.25, 0.3) is 11.1 Å². The molecule has 3 rings (SSSR count). The van der Waals surface area contributed by atoms with Gasteiger partial charge >= 0.3 is 5.97 Å². The van der Waals surface area contributed by atoms with E-state index in [1.54, 1.807) is 32.3 Å². The predicted octanol–water partition coefficient (Wildman–Crippen LogP) is 4.60. The van der Waals surface area contributed by atoms with E-state index in [9.17, 15) is 14.4 Å². The largest absolute Gasteiger partial charge is 0.493 e. The summed E-state index contributed by atoms with van der Waals surface area (Å²) in [5.74, 6) is -0.0706. The number of ether oxygens (including phenoxy) is 3. The van der Waals surface area contributed by atoms with Gasteiger partial charge in [0.05, 0.1) is 18.6 Å². The summed E-state index contributed by atoms with van der Waals surface area (Å²) >= 11 is 0.780. The van der Waals surface area contributed by atoms with Crippen LogP contribution in [0.1, 0.15) is 23.6 Å². The normalized spacial score (nSPS) is 14.5. The van der Waals surface area contributed by atoms with Gasteiger partial charge in [-0.1, -0.05) is 36.4 Å². The Kier molecular flexibility index (Phi) is 8.32. The van der Waals surface area contributed by atoms with E-state index in [1.807, 2.05) is 36.4 Å². The van der Waals surface area contributed by atoms with Gasteiger partial charge in [0.15, 0.2) is 11.5 Å². The Balaban J connectivity index is 1.87. The van der Waals surface area contributed by atoms with E-state index in [1.165, 1.54) is 0 Å². The number of allylic oxidation sites excluding steroid dienone is 1. The van der Waals surface area contributed by atoms with Gasteiger partial charge in [-0.05, 0) is 54.4 Å². The van der Waals surface area contributed by atoms with Crippen molar-refractivity contribution in [3.05, 3.63) is 76.7 Å². The van der Waals surface area contributed by atoms with E-state index in [2.05, 4.69) is 6.58 Å². The van der Waals surface area contributed by atoms with Crippen molar-refractivity contribution in [2.45, 2.75) is 20.0 Å². The van der Waals surface area contributed by atoms with Crippen LogP contribution in [0.2, 0.25) is 0 Å². The lowest BCUT2D eigenvalue weighted by atomic mass is 10.0. The molecule has 2 aromatic rings. The van der Waals surface area contributed by atoms with Crippen LogP contribution in [0.5, 0.6) is 11.5 Å². The molecule has 33 heavy (non-hydrogen) atoms. The van der Waals surface area contributed by atoms with Crippen LogP contribution in [0.25, 0.3) is 6.08 Å². The number of hydrogen-bond donors (Lipinski definition) is 0. The number of esters is 1. The van der Waals surface area contributed by atoms with Gasteiger partial charge in [0.2, 0.25) is 0 Å². The molecule has 1 heterocycles. The number of methoxy groups -OCH3 is 1. The highest BCUT2D eigenvalue weighted by Crippen LogP contribution is 2.37. The lowest BCUT2D eigenvalue weighted by Gasteiger charge is -2.16. The number of nitrogens with zero attached hydrogens (tertiary/aromatic N) is 1. The van der Waals surface area contributed by atoms with Crippen LogP contribution in [0.15, 0.2) is 60.0 Å². The van der Waals surface area contributed by atoms with Crippen molar-refractivity contribution >= 4 is 35.0 Å². The van der Waals surface area contributed by atoms with Crippen LogP contribution in [-0.2, 0) is 27.4 Å². The highest BCUT2D eigenvalue weighted by atomic mass is 32.2. The van der Waals surface area contributed by atoms with Gasteiger partial charge in [-0.2, -0.15) is 0 Å². The molecule has 8 heteroatoms. The molecular weight excluding hydrogens is 442 g/mol. The standard InChI is InChI=1S/C25H25NO6S/c1-4-9-19-12-18(13-20(30-3)23(19)32-16-17-10-7-6-8-11-17)14-21-24(28)26(25(29)33-21)15-22(27)31-5-2/h4,6-8,10-14H,1,5,9,15-16H2,2-3H3/b21-14+. The molecule has 0 spiro atoms. The summed E-state index contributed by atoms with van der Waals surface area (Å²) < 4.78 is 16.5. The second-order valence-corrected chi connectivity index (χ2v) is 8.04. The van der Waals surface area contributed by atoms with Crippen molar-refractivity contribution in [2.75, 3.05) is 20.3 Å². The fourth-order valence-electron chi connectivity index (χ4n) is 3.24. The summed E-state index contributed by atoms with van der Waals surface area (Å²) in [6.45, 7) is 5.61. The molecule has 0 N–H and O–H groups in total. The number of imide groups is 1. The first-order valence-corrected chi connectivity index (χ1v) is 11.2.